The molecule has 3 aromatic rings. The summed E-state index contributed by atoms with van der Waals surface area (Å²) in [5.41, 5.74) is 6.09. The van der Waals surface area contributed by atoms with E-state index in [0.29, 0.717) is 44.4 Å². The average Bonchev–Trinajstić information content (AvgIpc) is 2.81. The molecule has 1 aliphatic rings. The lowest BCUT2D eigenvalue weighted by Crippen LogP contribution is -2.28. The van der Waals surface area contributed by atoms with Crippen LogP contribution in [0.3, 0.4) is 0 Å². The van der Waals surface area contributed by atoms with Gasteiger partial charge in [0.1, 0.15) is 12.4 Å². The van der Waals surface area contributed by atoms with Gasteiger partial charge in [-0.25, -0.2) is 4.79 Å². The predicted molar refractivity (Wildman–Crippen MR) is 134 cm³/mol. The maximum absolute atomic E-state index is 11.7. The smallest absolute Gasteiger partial charge is 0.336 e. The van der Waals surface area contributed by atoms with Gasteiger partial charge in [-0.2, -0.15) is 0 Å². The number of aromatic carboxylic acids is 1. The van der Waals surface area contributed by atoms with Crippen LogP contribution in [-0.4, -0.2) is 42.3 Å². The van der Waals surface area contributed by atoms with Gasteiger partial charge in [-0.15, -0.1) is 0 Å². The number of hydrogen-bond donors (Lipinski definition) is 1. The Morgan fingerprint density at radius 2 is 1.79 bits per heavy atom. The van der Waals surface area contributed by atoms with Crippen LogP contribution in [0.25, 0.3) is 0 Å². The highest BCUT2D eigenvalue weighted by Crippen LogP contribution is 2.27. The Hall–Kier alpha value is -3.15. The highest BCUT2D eigenvalue weighted by atomic mass is 16.5. The Kier molecular flexibility index (Phi) is 7.99. The monoisotopic (exact) mass is 459 g/mol. The molecular weight excluding hydrogens is 426 g/mol. The van der Waals surface area contributed by atoms with Crippen LogP contribution < -0.4 is 4.74 Å². The Labute approximate surface area is 201 Å². The summed E-state index contributed by atoms with van der Waals surface area (Å²) in [6.45, 7) is 7.94. The van der Waals surface area contributed by atoms with Crippen molar-refractivity contribution in [2.45, 2.75) is 39.3 Å². The molecule has 1 aliphatic heterocycles. The van der Waals surface area contributed by atoms with Crippen LogP contribution in [-0.2, 0) is 24.2 Å². The van der Waals surface area contributed by atoms with E-state index in [9.17, 15) is 9.90 Å². The van der Waals surface area contributed by atoms with Crippen molar-refractivity contribution < 1.29 is 19.4 Å². The second-order valence-electron chi connectivity index (χ2n) is 9.15. The van der Waals surface area contributed by atoms with Crippen LogP contribution in [0.2, 0.25) is 0 Å². The zero-order chi connectivity index (χ0) is 23.9. The number of carbonyl (C=O) groups is 1. The summed E-state index contributed by atoms with van der Waals surface area (Å²) in [6.07, 6.45) is 0.798. The minimum absolute atomic E-state index is 0.350. The molecule has 178 valence electrons. The molecule has 34 heavy (non-hydrogen) atoms. The minimum Gasteiger partial charge on any atom is -0.491 e. The normalized spacial score (nSPS) is 15.3. The molecule has 0 spiro atoms. The summed E-state index contributed by atoms with van der Waals surface area (Å²) in [6, 6.07) is 22.4. The number of carboxylic acid groups (broad SMARTS) is 1. The highest BCUT2D eigenvalue weighted by molar-refractivity contribution is 5.89. The van der Waals surface area contributed by atoms with Gasteiger partial charge >= 0.3 is 5.97 Å². The summed E-state index contributed by atoms with van der Waals surface area (Å²) in [5.74, 6) is 0.477. The van der Waals surface area contributed by atoms with Gasteiger partial charge in [0.2, 0.25) is 0 Å². The van der Waals surface area contributed by atoms with Crippen molar-refractivity contribution in [3.63, 3.8) is 0 Å². The van der Waals surface area contributed by atoms with Gasteiger partial charge in [-0.3, -0.25) is 4.90 Å². The van der Waals surface area contributed by atoms with Crippen LogP contribution >= 0.6 is 0 Å². The Morgan fingerprint density at radius 1 is 0.971 bits per heavy atom. The first-order valence-electron chi connectivity index (χ1n) is 11.9. The molecule has 0 radical (unpaired) electrons. The summed E-state index contributed by atoms with van der Waals surface area (Å²) in [5, 5.41) is 9.59. The van der Waals surface area contributed by atoms with Crippen molar-refractivity contribution in [3.05, 3.63) is 100 Å². The van der Waals surface area contributed by atoms with Gasteiger partial charge in [-0.05, 0) is 45.9 Å². The number of nitrogens with zero attached hydrogens (tertiary/aromatic N) is 1. The standard InChI is InChI=1S/C29H33NO4/c1-21(2)24-10-11-28-26(18-24)17-22-6-5-7-23(16-22)19-30(12-13-33-14-15-34-28)20-25-8-3-4-9-27(25)29(31)32/h3-11,16,18,21H,12-15,17,19-20H2,1-2H3,(H,31,32). The third-order valence-corrected chi connectivity index (χ3v) is 6.22. The minimum atomic E-state index is -0.896. The topological polar surface area (TPSA) is 59.0 Å². The lowest BCUT2D eigenvalue weighted by molar-refractivity contribution is 0.0688. The van der Waals surface area contributed by atoms with Crippen LogP contribution in [0, 0.1) is 0 Å². The fraction of sp³-hybridized carbons (Fsp3) is 0.345. The molecule has 0 fully saturated rings. The molecule has 0 saturated carbocycles. The van der Waals surface area contributed by atoms with Crippen molar-refractivity contribution >= 4 is 5.97 Å². The second-order valence-corrected chi connectivity index (χ2v) is 9.15. The van der Waals surface area contributed by atoms with Gasteiger partial charge in [0.25, 0.3) is 0 Å². The summed E-state index contributed by atoms with van der Waals surface area (Å²) < 4.78 is 12.0. The van der Waals surface area contributed by atoms with E-state index in [1.165, 1.54) is 22.3 Å². The number of fused-ring (bicyclic) bond motifs is 3. The number of benzene rings is 3. The van der Waals surface area contributed by atoms with Gasteiger partial charge in [0, 0.05) is 26.1 Å². The molecule has 0 atom stereocenters. The molecule has 0 aromatic heterocycles. The Bertz CT molecular complexity index is 1120. The van der Waals surface area contributed by atoms with Gasteiger partial charge < -0.3 is 14.6 Å². The first-order chi connectivity index (χ1) is 16.5. The zero-order valence-electron chi connectivity index (χ0n) is 20.0. The van der Waals surface area contributed by atoms with E-state index in [1.807, 2.05) is 12.1 Å². The third kappa shape index (κ3) is 6.25. The average molecular weight is 460 g/mol. The summed E-state index contributed by atoms with van der Waals surface area (Å²) >= 11 is 0. The number of ether oxygens (including phenoxy) is 2. The molecule has 0 aliphatic carbocycles. The van der Waals surface area contributed by atoms with E-state index >= 15 is 0 Å². The molecule has 1 heterocycles. The maximum Gasteiger partial charge on any atom is 0.336 e. The molecule has 0 amide bonds. The van der Waals surface area contributed by atoms with E-state index in [4.69, 9.17) is 9.47 Å². The molecule has 5 nitrogen and oxygen atoms in total. The molecule has 0 unspecified atom stereocenters. The summed E-state index contributed by atoms with van der Waals surface area (Å²) in [4.78, 5) is 13.9. The SMILES string of the molecule is CC(C)c1ccc2c(c1)Cc1cccc(c1)CN(Cc1ccccc1C(=O)O)CCOCCO2. The highest BCUT2D eigenvalue weighted by Gasteiger charge is 2.15. The van der Waals surface area contributed by atoms with Gasteiger partial charge in [0.15, 0.2) is 0 Å². The van der Waals surface area contributed by atoms with Crippen molar-refractivity contribution in [1.82, 2.24) is 4.90 Å². The fourth-order valence-corrected chi connectivity index (χ4v) is 4.38. The van der Waals surface area contributed by atoms with E-state index in [-0.39, 0.29) is 0 Å². The molecule has 2 bridgehead atoms. The lowest BCUT2D eigenvalue weighted by atomic mass is 9.96. The quantitative estimate of drug-likeness (QED) is 0.557. The third-order valence-electron chi connectivity index (χ3n) is 6.22. The van der Waals surface area contributed by atoms with E-state index < -0.39 is 5.97 Å². The van der Waals surface area contributed by atoms with E-state index in [2.05, 4.69) is 61.2 Å². The maximum atomic E-state index is 11.7. The lowest BCUT2D eigenvalue weighted by Gasteiger charge is -2.24. The van der Waals surface area contributed by atoms with Crippen molar-refractivity contribution in [2.75, 3.05) is 26.4 Å². The molecule has 3 aromatic carbocycles. The zero-order valence-corrected chi connectivity index (χ0v) is 20.0. The first kappa shape index (κ1) is 24.0. The molecule has 0 saturated heterocycles. The second kappa shape index (κ2) is 11.3. The van der Waals surface area contributed by atoms with Crippen LogP contribution in [0.1, 0.15) is 57.9 Å². The predicted octanol–water partition coefficient (Wildman–Crippen LogP) is 5.51. The van der Waals surface area contributed by atoms with E-state index in [1.54, 1.807) is 12.1 Å². The Balaban J connectivity index is 1.61. The Morgan fingerprint density at radius 3 is 2.62 bits per heavy atom. The number of carboxylic acids is 1. The largest absolute Gasteiger partial charge is 0.491 e. The number of rotatable bonds is 4. The van der Waals surface area contributed by atoms with Gasteiger partial charge in [-0.1, -0.05) is 68.4 Å². The number of hydrogen-bond acceptors (Lipinski definition) is 4. The molecular formula is C29H33NO4. The van der Waals surface area contributed by atoms with Crippen LogP contribution in [0.4, 0.5) is 0 Å². The van der Waals surface area contributed by atoms with Crippen molar-refractivity contribution in [3.8, 4) is 5.75 Å². The van der Waals surface area contributed by atoms with E-state index in [0.717, 1.165) is 24.3 Å². The molecule has 1 N–H and O–H groups in total. The first-order valence-corrected chi connectivity index (χ1v) is 11.9. The fourth-order valence-electron chi connectivity index (χ4n) is 4.38. The summed E-state index contributed by atoms with van der Waals surface area (Å²) in [7, 11) is 0. The van der Waals surface area contributed by atoms with Crippen LogP contribution in [0.5, 0.6) is 5.75 Å². The van der Waals surface area contributed by atoms with Gasteiger partial charge in [0.05, 0.1) is 18.8 Å². The molecule has 4 rings (SSSR count). The van der Waals surface area contributed by atoms with Crippen molar-refractivity contribution in [1.29, 1.82) is 0 Å². The van der Waals surface area contributed by atoms with Crippen LogP contribution in [0.15, 0.2) is 66.7 Å². The van der Waals surface area contributed by atoms with Crippen molar-refractivity contribution in [2.24, 2.45) is 0 Å². The molecule has 5 heteroatoms.